The second-order valence-electron chi connectivity index (χ2n) is 4.57. The number of thioether (sulfide) groups is 1. The molecule has 1 fully saturated rings. The van der Waals surface area contributed by atoms with Gasteiger partial charge in [-0.2, -0.15) is 0 Å². The van der Waals surface area contributed by atoms with Crippen LogP contribution in [0.15, 0.2) is 29.2 Å². The van der Waals surface area contributed by atoms with Crippen molar-refractivity contribution in [2.45, 2.75) is 29.9 Å². The molecule has 5 nitrogen and oxygen atoms in total. The van der Waals surface area contributed by atoms with Crippen molar-refractivity contribution in [1.29, 1.82) is 0 Å². The van der Waals surface area contributed by atoms with Crippen molar-refractivity contribution in [1.82, 2.24) is 5.32 Å². The molecule has 2 atom stereocenters. The summed E-state index contributed by atoms with van der Waals surface area (Å²) in [6.45, 7) is 0.339. The van der Waals surface area contributed by atoms with Crippen LogP contribution in [-0.2, 0) is 9.53 Å². The summed E-state index contributed by atoms with van der Waals surface area (Å²) in [7, 11) is 0. The molecule has 1 aromatic rings. The third-order valence-corrected chi connectivity index (χ3v) is 4.02. The first-order valence-electron chi connectivity index (χ1n) is 6.41. The first-order valence-corrected chi connectivity index (χ1v) is 7.63. The minimum absolute atomic E-state index is 0.155. The number of ether oxygens (including phenoxy) is 1. The molecule has 0 aliphatic carbocycles. The van der Waals surface area contributed by atoms with Crippen LogP contribution in [0.5, 0.6) is 0 Å². The van der Waals surface area contributed by atoms with Crippen molar-refractivity contribution in [2.24, 2.45) is 0 Å². The van der Waals surface area contributed by atoms with E-state index in [1.54, 1.807) is 6.07 Å². The number of hydrogen-bond donors (Lipinski definition) is 2. The standard InChI is InChI=1S/C14H17NO4S/c1-20-12-5-3-2-4-10(12)13(16)15-8-9-6-7-11(19-9)14(17)18/h2-5,9,11H,6-8H2,1H3,(H,15,16)(H,17,18). The summed E-state index contributed by atoms with van der Waals surface area (Å²) in [5, 5.41) is 11.6. The topological polar surface area (TPSA) is 75.6 Å². The average molecular weight is 295 g/mol. The Morgan fingerprint density at radius 3 is 2.80 bits per heavy atom. The van der Waals surface area contributed by atoms with Crippen LogP contribution in [0, 0.1) is 0 Å². The van der Waals surface area contributed by atoms with Gasteiger partial charge in [-0.25, -0.2) is 4.79 Å². The minimum atomic E-state index is -0.938. The molecule has 1 aromatic carbocycles. The lowest BCUT2D eigenvalue weighted by Gasteiger charge is -2.13. The van der Waals surface area contributed by atoms with Crippen molar-refractivity contribution in [2.75, 3.05) is 12.8 Å². The molecule has 2 N–H and O–H groups in total. The van der Waals surface area contributed by atoms with Gasteiger partial charge in [0.1, 0.15) is 0 Å². The summed E-state index contributed by atoms with van der Waals surface area (Å²) in [6.07, 6.45) is 2.11. The van der Waals surface area contributed by atoms with Crippen molar-refractivity contribution < 1.29 is 19.4 Å². The van der Waals surface area contributed by atoms with Crippen LogP contribution in [0.3, 0.4) is 0 Å². The highest BCUT2D eigenvalue weighted by Gasteiger charge is 2.30. The molecule has 20 heavy (non-hydrogen) atoms. The Labute approximate surface area is 121 Å². The van der Waals surface area contributed by atoms with Crippen molar-refractivity contribution in [3.8, 4) is 0 Å². The zero-order valence-electron chi connectivity index (χ0n) is 11.2. The monoisotopic (exact) mass is 295 g/mol. The SMILES string of the molecule is CSc1ccccc1C(=O)NCC1CCC(C(=O)O)O1. The van der Waals surface area contributed by atoms with Crippen molar-refractivity contribution >= 4 is 23.6 Å². The number of hydrogen-bond acceptors (Lipinski definition) is 4. The number of rotatable bonds is 5. The number of amides is 1. The maximum atomic E-state index is 12.1. The van der Waals surface area contributed by atoms with Gasteiger partial charge in [0.15, 0.2) is 6.10 Å². The highest BCUT2D eigenvalue weighted by atomic mass is 32.2. The summed E-state index contributed by atoms with van der Waals surface area (Å²) in [6, 6.07) is 7.38. The normalized spacial score (nSPS) is 21.6. The molecular weight excluding hydrogens is 278 g/mol. The Balaban J connectivity index is 1.88. The summed E-state index contributed by atoms with van der Waals surface area (Å²) in [5.74, 6) is -1.09. The molecule has 1 amide bonds. The minimum Gasteiger partial charge on any atom is -0.479 e. The first-order chi connectivity index (χ1) is 9.61. The summed E-state index contributed by atoms with van der Waals surface area (Å²) in [4.78, 5) is 23.8. The van der Waals surface area contributed by atoms with E-state index in [4.69, 9.17) is 9.84 Å². The lowest BCUT2D eigenvalue weighted by molar-refractivity contribution is -0.149. The number of nitrogens with one attached hydrogen (secondary N) is 1. The largest absolute Gasteiger partial charge is 0.479 e. The molecule has 1 saturated heterocycles. The second-order valence-corrected chi connectivity index (χ2v) is 5.42. The molecule has 0 aromatic heterocycles. The number of carbonyl (C=O) groups excluding carboxylic acids is 1. The van der Waals surface area contributed by atoms with Crippen LogP contribution in [0.4, 0.5) is 0 Å². The highest BCUT2D eigenvalue weighted by molar-refractivity contribution is 7.98. The predicted molar refractivity (Wildman–Crippen MR) is 76.1 cm³/mol. The molecule has 1 heterocycles. The van der Waals surface area contributed by atoms with Gasteiger partial charge in [-0.1, -0.05) is 12.1 Å². The van der Waals surface area contributed by atoms with Crippen LogP contribution < -0.4 is 5.32 Å². The number of carboxylic acids is 1. The zero-order chi connectivity index (χ0) is 14.5. The quantitative estimate of drug-likeness (QED) is 0.810. The molecule has 0 radical (unpaired) electrons. The van der Waals surface area contributed by atoms with E-state index >= 15 is 0 Å². The molecule has 1 aliphatic heterocycles. The van der Waals surface area contributed by atoms with Crippen molar-refractivity contribution in [3.05, 3.63) is 29.8 Å². The maximum absolute atomic E-state index is 12.1. The van der Waals surface area contributed by atoms with Crippen LogP contribution in [-0.4, -0.2) is 42.0 Å². The highest BCUT2D eigenvalue weighted by Crippen LogP contribution is 2.21. The number of carbonyl (C=O) groups is 2. The smallest absolute Gasteiger partial charge is 0.332 e. The van der Waals surface area contributed by atoms with Crippen LogP contribution >= 0.6 is 11.8 Å². The zero-order valence-corrected chi connectivity index (χ0v) is 12.0. The summed E-state index contributed by atoms with van der Waals surface area (Å²) < 4.78 is 5.35. The Bertz CT molecular complexity index is 506. The number of benzene rings is 1. The Kier molecular flexibility index (Phi) is 5.03. The van der Waals surface area contributed by atoms with Gasteiger partial charge in [-0.15, -0.1) is 11.8 Å². The van der Waals surface area contributed by atoms with E-state index in [-0.39, 0.29) is 12.0 Å². The predicted octanol–water partition coefficient (Wildman–Crippen LogP) is 1.77. The molecule has 108 valence electrons. The fourth-order valence-electron chi connectivity index (χ4n) is 2.17. The molecule has 2 unspecified atom stereocenters. The van der Waals surface area contributed by atoms with Gasteiger partial charge in [-0.3, -0.25) is 4.79 Å². The van der Waals surface area contributed by atoms with Crippen molar-refractivity contribution in [3.63, 3.8) is 0 Å². The fraction of sp³-hybridized carbons (Fsp3) is 0.429. The molecule has 2 rings (SSSR count). The molecular formula is C14H17NO4S. The van der Waals surface area contributed by atoms with E-state index < -0.39 is 12.1 Å². The van der Waals surface area contributed by atoms with Gasteiger partial charge in [0.05, 0.1) is 11.7 Å². The van der Waals surface area contributed by atoms with E-state index in [2.05, 4.69) is 5.32 Å². The maximum Gasteiger partial charge on any atom is 0.332 e. The molecule has 0 bridgehead atoms. The van der Waals surface area contributed by atoms with Gasteiger partial charge in [0.2, 0.25) is 0 Å². The number of aliphatic carboxylic acids is 1. The Morgan fingerprint density at radius 1 is 1.40 bits per heavy atom. The van der Waals surface area contributed by atoms with E-state index in [0.717, 1.165) is 4.90 Å². The lowest BCUT2D eigenvalue weighted by Crippen LogP contribution is -2.33. The van der Waals surface area contributed by atoms with E-state index in [1.165, 1.54) is 11.8 Å². The van der Waals surface area contributed by atoms with E-state index in [1.807, 2.05) is 24.5 Å². The van der Waals surface area contributed by atoms with Gasteiger partial charge in [0.25, 0.3) is 5.91 Å². The third-order valence-electron chi connectivity index (χ3n) is 3.22. The molecule has 6 heteroatoms. The summed E-state index contributed by atoms with van der Waals surface area (Å²) in [5.41, 5.74) is 0.632. The molecule has 0 spiro atoms. The molecule has 1 aliphatic rings. The first kappa shape index (κ1) is 14.9. The fourth-order valence-corrected chi connectivity index (χ4v) is 2.77. The van der Waals surface area contributed by atoms with Crippen LogP contribution in [0.25, 0.3) is 0 Å². The third kappa shape index (κ3) is 3.52. The van der Waals surface area contributed by atoms with Crippen LogP contribution in [0.1, 0.15) is 23.2 Å². The Morgan fingerprint density at radius 2 is 2.15 bits per heavy atom. The average Bonchev–Trinajstić information content (AvgIpc) is 2.94. The lowest BCUT2D eigenvalue weighted by atomic mass is 10.2. The van der Waals surface area contributed by atoms with E-state index in [0.29, 0.717) is 24.9 Å². The second kappa shape index (κ2) is 6.76. The van der Waals surface area contributed by atoms with Gasteiger partial charge in [-0.05, 0) is 31.2 Å². The summed E-state index contributed by atoms with van der Waals surface area (Å²) >= 11 is 1.52. The van der Waals surface area contributed by atoms with Gasteiger partial charge in [0, 0.05) is 11.4 Å². The van der Waals surface area contributed by atoms with E-state index in [9.17, 15) is 9.59 Å². The van der Waals surface area contributed by atoms with Crippen LogP contribution in [0.2, 0.25) is 0 Å². The Hall–Kier alpha value is -1.53. The molecule has 0 saturated carbocycles. The number of carboxylic acid groups (broad SMARTS) is 1. The van der Waals surface area contributed by atoms with Gasteiger partial charge >= 0.3 is 5.97 Å². The van der Waals surface area contributed by atoms with Gasteiger partial charge < -0.3 is 15.2 Å².